The molecule has 1 atom stereocenters. The van der Waals surface area contributed by atoms with Gasteiger partial charge >= 0.3 is 0 Å². The smallest absolute Gasteiger partial charge is 0.123 e. The molecule has 2 heteroatoms. The minimum Gasteiger partial charge on any atom is -0.207 e. The van der Waals surface area contributed by atoms with E-state index in [1.165, 1.54) is 12.1 Å². The lowest BCUT2D eigenvalue weighted by atomic mass is 9.79. The molecule has 0 amide bonds. The van der Waals surface area contributed by atoms with Crippen molar-refractivity contribution in [2.45, 2.75) is 12.3 Å². The van der Waals surface area contributed by atoms with Crippen LogP contribution in [0.4, 0.5) is 4.39 Å². The van der Waals surface area contributed by atoms with Gasteiger partial charge in [0.05, 0.1) is 12.0 Å². The highest BCUT2D eigenvalue weighted by atomic mass is 19.1. The lowest BCUT2D eigenvalue weighted by Crippen LogP contribution is -2.15. The summed E-state index contributed by atoms with van der Waals surface area (Å²) in [5.74, 6) is -0.203. The Labute approximate surface area is 64.1 Å². The number of rotatable bonds is 0. The molecule has 0 heterocycles. The highest BCUT2D eigenvalue weighted by molar-refractivity contribution is 5.43. The van der Waals surface area contributed by atoms with E-state index in [1.54, 1.807) is 6.07 Å². The van der Waals surface area contributed by atoms with Crippen LogP contribution >= 0.6 is 0 Å². The molecular formula is C9H6FN. The van der Waals surface area contributed by atoms with E-state index in [1.807, 2.05) is 0 Å². The molecule has 1 nitrogen and oxygen atoms in total. The number of benzene rings is 1. The van der Waals surface area contributed by atoms with Gasteiger partial charge in [0.15, 0.2) is 0 Å². The fourth-order valence-corrected chi connectivity index (χ4v) is 1.41. The molecule has 0 aromatic heterocycles. The average Bonchev–Trinajstić information content (AvgIpc) is 1.95. The third kappa shape index (κ3) is 0.813. The van der Waals surface area contributed by atoms with Crippen LogP contribution in [-0.2, 0) is 6.42 Å². The maximum absolute atomic E-state index is 12.5. The fraction of sp³-hybridized carbons (Fsp3) is 0.222. The molecule has 0 fully saturated rings. The standard InChI is InChI=1S/C9H6FN/c10-8-1-2-9-6(4-8)3-7(9)5-11/h1-2,4,7H,3H2. The first-order valence-electron chi connectivity index (χ1n) is 3.49. The molecule has 1 aliphatic rings. The molecule has 0 aliphatic heterocycles. The van der Waals surface area contributed by atoms with Crippen LogP contribution in [0, 0.1) is 17.1 Å². The second-order valence-corrected chi connectivity index (χ2v) is 2.73. The van der Waals surface area contributed by atoms with Crippen LogP contribution < -0.4 is 0 Å². The monoisotopic (exact) mass is 147 g/mol. The van der Waals surface area contributed by atoms with Crippen molar-refractivity contribution in [1.29, 1.82) is 5.26 Å². The number of hydrogen-bond acceptors (Lipinski definition) is 1. The van der Waals surface area contributed by atoms with Crippen LogP contribution in [0.15, 0.2) is 18.2 Å². The minimum absolute atomic E-state index is 0.00519. The number of hydrogen-bond donors (Lipinski definition) is 0. The summed E-state index contributed by atoms with van der Waals surface area (Å²) >= 11 is 0. The molecule has 0 N–H and O–H groups in total. The second kappa shape index (κ2) is 2.06. The first kappa shape index (κ1) is 6.36. The molecule has 1 aliphatic carbocycles. The summed E-state index contributed by atoms with van der Waals surface area (Å²) < 4.78 is 12.5. The zero-order valence-corrected chi connectivity index (χ0v) is 5.84. The Balaban J connectivity index is 2.44. The van der Waals surface area contributed by atoms with E-state index in [9.17, 15) is 4.39 Å². The Kier molecular flexibility index (Phi) is 1.19. The van der Waals surface area contributed by atoms with Crippen molar-refractivity contribution in [3.63, 3.8) is 0 Å². The zero-order chi connectivity index (χ0) is 7.84. The van der Waals surface area contributed by atoms with Gasteiger partial charge in [0.25, 0.3) is 0 Å². The summed E-state index contributed by atoms with van der Waals surface area (Å²) in [6.07, 6.45) is 0.712. The lowest BCUT2D eigenvalue weighted by Gasteiger charge is -2.23. The van der Waals surface area contributed by atoms with E-state index >= 15 is 0 Å². The molecule has 1 aromatic rings. The van der Waals surface area contributed by atoms with Crippen molar-refractivity contribution in [1.82, 2.24) is 0 Å². The Morgan fingerprint density at radius 3 is 3.00 bits per heavy atom. The van der Waals surface area contributed by atoms with E-state index in [0.29, 0.717) is 6.42 Å². The zero-order valence-electron chi connectivity index (χ0n) is 5.84. The number of halogens is 1. The van der Waals surface area contributed by atoms with Crippen LogP contribution in [0.3, 0.4) is 0 Å². The van der Waals surface area contributed by atoms with Gasteiger partial charge in [-0.3, -0.25) is 0 Å². The van der Waals surface area contributed by atoms with Gasteiger partial charge in [-0.1, -0.05) is 6.07 Å². The van der Waals surface area contributed by atoms with Crippen molar-refractivity contribution in [3.8, 4) is 6.07 Å². The van der Waals surface area contributed by atoms with Gasteiger partial charge in [0, 0.05) is 0 Å². The Bertz CT molecular complexity index is 338. The average molecular weight is 147 g/mol. The highest BCUT2D eigenvalue weighted by Gasteiger charge is 2.25. The summed E-state index contributed by atoms with van der Waals surface area (Å²) in [5, 5.41) is 8.56. The SMILES string of the molecule is N#CC1Cc2cc(F)ccc21. The third-order valence-corrected chi connectivity index (χ3v) is 2.06. The van der Waals surface area contributed by atoms with E-state index in [0.717, 1.165) is 11.1 Å². The summed E-state index contributed by atoms with van der Waals surface area (Å²) in [6.45, 7) is 0. The van der Waals surface area contributed by atoms with Crippen LogP contribution in [-0.4, -0.2) is 0 Å². The maximum atomic E-state index is 12.5. The molecule has 11 heavy (non-hydrogen) atoms. The van der Waals surface area contributed by atoms with E-state index < -0.39 is 0 Å². The molecule has 0 bridgehead atoms. The Morgan fingerprint density at radius 2 is 2.36 bits per heavy atom. The van der Waals surface area contributed by atoms with Crippen molar-refractivity contribution in [2.75, 3.05) is 0 Å². The van der Waals surface area contributed by atoms with Crippen LogP contribution in [0.25, 0.3) is 0 Å². The Morgan fingerprint density at radius 1 is 1.55 bits per heavy atom. The molecule has 2 rings (SSSR count). The van der Waals surface area contributed by atoms with E-state index in [4.69, 9.17) is 5.26 Å². The van der Waals surface area contributed by atoms with Crippen molar-refractivity contribution in [3.05, 3.63) is 35.1 Å². The van der Waals surface area contributed by atoms with Gasteiger partial charge in [-0.05, 0) is 29.7 Å². The summed E-state index contributed by atoms with van der Waals surface area (Å²) in [5.41, 5.74) is 1.98. The van der Waals surface area contributed by atoms with Gasteiger partial charge in [-0.15, -0.1) is 0 Å². The molecular weight excluding hydrogens is 141 g/mol. The predicted molar refractivity (Wildman–Crippen MR) is 38.5 cm³/mol. The number of fused-ring (bicyclic) bond motifs is 1. The molecule has 1 aromatic carbocycles. The second-order valence-electron chi connectivity index (χ2n) is 2.73. The topological polar surface area (TPSA) is 23.8 Å². The quantitative estimate of drug-likeness (QED) is 0.550. The normalized spacial score (nSPS) is 19.8. The lowest BCUT2D eigenvalue weighted by molar-refractivity contribution is 0.614. The van der Waals surface area contributed by atoms with E-state index in [-0.39, 0.29) is 11.7 Å². The van der Waals surface area contributed by atoms with Gasteiger partial charge in [-0.2, -0.15) is 5.26 Å². The summed E-state index contributed by atoms with van der Waals surface area (Å²) in [4.78, 5) is 0. The third-order valence-electron chi connectivity index (χ3n) is 2.06. The van der Waals surface area contributed by atoms with E-state index in [2.05, 4.69) is 6.07 Å². The van der Waals surface area contributed by atoms with Crippen LogP contribution in [0.1, 0.15) is 17.0 Å². The van der Waals surface area contributed by atoms with Gasteiger partial charge in [0.1, 0.15) is 5.82 Å². The summed E-state index contributed by atoms with van der Waals surface area (Å²) in [7, 11) is 0. The highest BCUT2D eigenvalue weighted by Crippen LogP contribution is 2.34. The van der Waals surface area contributed by atoms with Crippen molar-refractivity contribution in [2.24, 2.45) is 0 Å². The van der Waals surface area contributed by atoms with Gasteiger partial charge < -0.3 is 0 Å². The first-order chi connectivity index (χ1) is 5.31. The van der Waals surface area contributed by atoms with Crippen molar-refractivity contribution < 1.29 is 4.39 Å². The summed E-state index contributed by atoms with van der Waals surface area (Å²) in [6, 6.07) is 6.76. The molecule has 54 valence electrons. The minimum atomic E-state index is -0.208. The first-order valence-corrected chi connectivity index (χ1v) is 3.49. The van der Waals surface area contributed by atoms with Crippen LogP contribution in [0.2, 0.25) is 0 Å². The molecule has 0 radical (unpaired) electrons. The molecule has 0 saturated carbocycles. The molecule has 0 saturated heterocycles. The maximum Gasteiger partial charge on any atom is 0.123 e. The number of nitrogens with zero attached hydrogens (tertiary/aromatic N) is 1. The van der Waals surface area contributed by atoms with Gasteiger partial charge in [-0.25, -0.2) is 4.39 Å². The van der Waals surface area contributed by atoms with Crippen molar-refractivity contribution >= 4 is 0 Å². The van der Waals surface area contributed by atoms with Crippen LogP contribution in [0.5, 0.6) is 0 Å². The predicted octanol–water partition coefficient (Wildman–Crippen LogP) is 1.99. The number of nitriles is 1. The largest absolute Gasteiger partial charge is 0.207 e. The molecule has 0 spiro atoms. The fourth-order valence-electron chi connectivity index (χ4n) is 1.41. The van der Waals surface area contributed by atoms with Gasteiger partial charge in [0.2, 0.25) is 0 Å². The Hall–Kier alpha value is -1.36. The molecule has 1 unspecified atom stereocenters.